The Morgan fingerprint density at radius 3 is 2.29 bits per heavy atom. The molecule has 0 unspecified atom stereocenters. The molecule has 0 saturated carbocycles. The fraction of sp³-hybridized carbons (Fsp3) is 0.158. The van der Waals surface area contributed by atoms with Gasteiger partial charge >= 0.3 is 5.76 Å². The Kier molecular flexibility index (Phi) is 5.28. The summed E-state index contributed by atoms with van der Waals surface area (Å²) in [5.41, 5.74) is 2.59. The van der Waals surface area contributed by atoms with Crippen LogP contribution in [-0.4, -0.2) is 29.9 Å². The highest BCUT2D eigenvalue weighted by molar-refractivity contribution is 7.91. The number of aryl methyl sites for hydroxylation is 2. The van der Waals surface area contributed by atoms with Crippen LogP contribution in [-0.2, 0) is 9.84 Å². The van der Waals surface area contributed by atoms with E-state index in [0.29, 0.717) is 0 Å². The van der Waals surface area contributed by atoms with E-state index in [1.807, 2.05) is 19.9 Å². The Hall–Kier alpha value is -3.07. The number of rotatable bonds is 5. The molecule has 9 heteroatoms. The summed E-state index contributed by atoms with van der Waals surface area (Å²) in [6.45, 7) is 3.78. The van der Waals surface area contributed by atoms with Crippen LogP contribution in [0.2, 0.25) is 0 Å². The molecule has 3 aromatic rings. The third-order valence-electron chi connectivity index (χ3n) is 4.06. The number of hydrogen-bond acceptors (Lipinski definition) is 4. The van der Waals surface area contributed by atoms with Crippen molar-refractivity contribution < 1.29 is 22.0 Å². The van der Waals surface area contributed by atoms with Crippen molar-refractivity contribution in [1.29, 1.82) is 0 Å². The van der Waals surface area contributed by atoms with Gasteiger partial charge in [0.15, 0.2) is 0 Å². The number of amides is 1. The lowest BCUT2D eigenvalue weighted by Crippen LogP contribution is -2.17. The number of carbonyl (C=O) groups excluding carboxylic acids is 1. The number of anilines is 1. The van der Waals surface area contributed by atoms with Crippen LogP contribution in [0, 0.1) is 13.8 Å². The van der Waals surface area contributed by atoms with E-state index >= 15 is 0 Å². The largest absolute Gasteiger partial charge is 0.341 e. The lowest BCUT2D eigenvalue weighted by atomic mass is 10.2. The molecule has 1 aromatic heterocycles. The minimum absolute atomic E-state index is 0.199. The maximum Gasteiger partial charge on any atom is 0.341 e. The lowest BCUT2D eigenvalue weighted by molar-refractivity contribution is 0.102. The Morgan fingerprint density at radius 2 is 1.71 bits per heavy atom. The first-order valence-electron chi connectivity index (χ1n) is 8.26. The first-order valence-corrected chi connectivity index (χ1v) is 9.81. The van der Waals surface area contributed by atoms with Crippen molar-refractivity contribution in [2.45, 2.75) is 24.5 Å². The van der Waals surface area contributed by atoms with E-state index in [9.17, 15) is 22.0 Å². The van der Waals surface area contributed by atoms with Gasteiger partial charge in [0.05, 0.1) is 22.0 Å². The lowest BCUT2D eigenvalue weighted by Gasteiger charge is -2.12. The summed E-state index contributed by atoms with van der Waals surface area (Å²) in [6.07, 6.45) is 0. The number of para-hydroxylation sites is 1. The SMILES string of the molecule is Cc1cc(C)n(-c2ccc(C(=O)Nc3ccccc3S(=O)(=O)C(F)F)cc2)n1. The highest BCUT2D eigenvalue weighted by Gasteiger charge is 2.29. The van der Waals surface area contributed by atoms with E-state index in [-0.39, 0.29) is 11.3 Å². The Balaban J connectivity index is 1.86. The van der Waals surface area contributed by atoms with Crippen molar-refractivity contribution in [2.75, 3.05) is 5.32 Å². The van der Waals surface area contributed by atoms with Crippen LogP contribution in [0.15, 0.2) is 59.5 Å². The number of alkyl halides is 2. The van der Waals surface area contributed by atoms with Crippen LogP contribution < -0.4 is 5.32 Å². The fourth-order valence-corrected chi connectivity index (χ4v) is 3.64. The van der Waals surface area contributed by atoms with Gasteiger partial charge in [0, 0.05) is 11.3 Å². The van der Waals surface area contributed by atoms with Crippen LogP contribution in [0.4, 0.5) is 14.5 Å². The zero-order chi connectivity index (χ0) is 20.5. The van der Waals surface area contributed by atoms with E-state index in [1.165, 1.54) is 18.2 Å². The predicted octanol–water partition coefficient (Wildman–Crippen LogP) is 3.74. The van der Waals surface area contributed by atoms with Gasteiger partial charge in [-0.2, -0.15) is 13.9 Å². The molecule has 3 rings (SSSR count). The summed E-state index contributed by atoms with van der Waals surface area (Å²) in [4.78, 5) is 11.8. The summed E-state index contributed by atoms with van der Waals surface area (Å²) < 4.78 is 51.1. The van der Waals surface area contributed by atoms with Gasteiger partial charge in [-0.25, -0.2) is 13.1 Å². The van der Waals surface area contributed by atoms with Gasteiger partial charge in [-0.1, -0.05) is 12.1 Å². The number of sulfone groups is 1. The topological polar surface area (TPSA) is 81.1 Å². The molecule has 6 nitrogen and oxygen atoms in total. The summed E-state index contributed by atoms with van der Waals surface area (Å²) >= 11 is 0. The third-order valence-corrected chi connectivity index (χ3v) is 5.50. The van der Waals surface area contributed by atoms with Gasteiger partial charge in [-0.3, -0.25) is 4.79 Å². The molecule has 1 amide bonds. The smallest absolute Gasteiger partial charge is 0.321 e. The van der Waals surface area contributed by atoms with Gasteiger partial charge < -0.3 is 5.32 Å². The first kappa shape index (κ1) is 19.7. The fourth-order valence-electron chi connectivity index (χ4n) is 2.75. The summed E-state index contributed by atoms with van der Waals surface area (Å²) in [7, 11) is -4.84. The van der Waals surface area contributed by atoms with Crippen LogP contribution in [0.1, 0.15) is 21.7 Å². The number of nitrogens with one attached hydrogen (secondary N) is 1. The standard InChI is InChI=1S/C19H17F2N3O3S/c1-12-11-13(2)24(23-12)15-9-7-14(8-10-15)18(25)22-16-5-3-4-6-17(16)28(26,27)19(20)21/h3-11,19H,1-2H3,(H,22,25). The third kappa shape index (κ3) is 3.79. The molecule has 0 fully saturated rings. The second-order valence-electron chi connectivity index (χ2n) is 6.14. The molecular formula is C19H17F2N3O3S. The van der Waals surface area contributed by atoms with E-state index in [4.69, 9.17) is 0 Å². The molecule has 0 saturated heterocycles. The molecule has 1 N–H and O–H groups in total. The van der Waals surface area contributed by atoms with Crippen molar-refractivity contribution in [3.8, 4) is 5.69 Å². The molecule has 0 atom stereocenters. The zero-order valence-electron chi connectivity index (χ0n) is 15.1. The molecule has 28 heavy (non-hydrogen) atoms. The highest BCUT2D eigenvalue weighted by atomic mass is 32.2. The quantitative estimate of drug-likeness (QED) is 0.701. The van der Waals surface area contributed by atoms with Gasteiger partial charge in [0.1, 0.15) is 0 Å². The maximum absolute atomic E-state index is 12.9. The van der Waals surface area contributed by atoms with Gasteiger partial charge in [0.2, 0.25) is 9.84 Å². The van der Waals surface area contributed by atoms with Crippen LogP contribution >= 0.6 is 0 Å². The van der Waals surface area contributed by atoms with E-state index in [1.54, 1.807) is 28.9 Å². The van der Waals surface area contributed by atoms with E-state index < -0.39 is 26.4 Å². The van der Waals surface area contributed by atoms with Crippen molar-refractivity contribution in [3.05, 3.63) is 71.5 Å². The summed E-state index contributed by atoms with van der Waals surface area (Å²) in [5.74, 6) is -4.19. The van der Waals surface area contributed by atoms with Crippen LogP contribution in [0.25, 0.3) is 5.69 Å². The van der Waals surface area contributed by atoms with Crippen LogP contribution in [0.5, 0.6) is 0 Å². The van der Waals surface area contributed by atoms with Crippen molar-refractivity contribution in [3.63, 3.8) is 0 Å². The van der Waals surface area contributed by atoms with Gasteiger partial charge in [-0.05, 0) is 56.3 Å². The Morgan fingerprint density at radius 1 is 1.07 bits per heavy atom. The average Bonchev–Trinajstić information content (AvgIpc) is 3.00. The second-order valence-corrected chi connectivity index (χ2v) is 8.03. The monoisotopic (exact) mass is 405 g/mol. The molecule has 0 bridgehead atoms. The predicted molar refractivity (Wildman–Crippen MR) is 101 cm³/mol. The van der Waals surface area contributed by atoms with Gasteiger partial charge in [-0.15, -0.1) is 0 Å². The molecule has 0 radical (unpaired) electrons. The summed E-state index contributed by atoms with van der Waals surface area (Å²) in [6, 6.07) is 13.4. The number of hydrogen-bond donors (Lipinski definition) is 1. The van der Waals surface area contributed by atoms with E-state index in [2.05, 4.69) is 10.4 Å². The van der Waals surface area contributed by atoms with E-state index in [0.717, 1.165) is 23.1 Å². The number of nitrogens with zero attached hydrogens (tertiary/aromatic N) is 2. The minimum Gasteiger partial charge on any atom is -0.321 e. The molecule has 1 heterocycles. The Bertz CT molecular complexity index is 1120. The molecule has 0 aliphatic rings. The average molecular weight is 405 g/mol. The molecule has 146 valence electrons. The minimum atomic E-state index is -4.84. The maximum atomic E-state index is 12.9. The Labute approximate surface area is 160 Å². The highest BCUT2D eigenvalue weighted by Crippen LogP contribution is 2.26. The van der Waals surface area contributed by atoms with Crippen molar-refractivity contribution in [1.82, 2.24) is 9.78 Å². The molecular weight excluding hydrogens is 388 g/mol. The van der Waals surface area contributed by atoms with Crippen molar-refractivity contribution in [2.24, 2.45) is 0 Å². The summed E-state index contributed by atoms with van der Waals surface area (Å²) in [5, 5.41) is 6.74. The molecule has 0 aliphatic carbocycles. The number of aromatic nitrogens is 2. The molecule has 2 aromatic carbocycles. The van der Waals surface area contributed by atoms with Crippen LogP contribution in [0.3, 0.4) is 0 Å². The number of halogens is 2. The van der Waals surface area contributed by atoms with Crippen molar-refractivity contribution >= 4 is 21.4 Å². The molecule has 0 aliphatic heterocycles. The normalized spacial score (nSPS) is 11.6. The number of carbonyl (C=O) groups is 1. The van der Waals surface area contributed by atoms with Gasteiger partial charge in [0.25, 0.3) is 5.91 Å². The first-order chi connectivity index (χ1) is 13.2. The number of benzene rings is 2. The zero-order valence-corrected chi connectivity index (χ0v) is 15.9. The second kappa shape index (κ2) is 7.51. The molecule has 0 spiro atoms.